The van der Waals surface area contributed by atoms with Crippen molar-refractivity contribution in [1.29, 1.82) is 0 Å². The van der Waals surface area contributed by atoms with Crippen LogP contribution in [0.4, 0.5) is 5.82 Å². The van der Waals surface area contributed by atoms with E-state index in [1.165, 1.54) is 50.9 Å². The van der Waals surface area contributed by atoms with E-state index < -0.39 is 0 Å². The number of benzene rings is 1. The smallest absolute Gasteiger partial charge is 0.269 e. The zero-order chi connectivity index (χ0) is 24.9. The van der Waals surface area contributed by atoms with Crippen LogP contribution >= 0.6 is 15.9 Å². The number of anilines is 1. The van der Waals surface area contributed by atoms with E-state index in [1.807, 2.05) is 17.1 Å². The number of piperidine rings is 1. The van der Waals surface area contributed by atoms with Crippen molar-refractivity contribution in [3.63, 3.8) is 0 Å². The highest BCUT2D eigenvalue weighted by Crippen LogP contribution is 2.30. The van der Waals surface area contributed by atoms with E-state index in [-0.39, 0.29) is 11.9 Å². The molecule has 0 bridgehead atoms. The van der Waals surface area contributed by atoms with Crippen molar-refractivity contribution in [3.05, 3.63) is 46.1 Å². The summed E-state index contributed by atoms with van der Waals surface area (Å²) in [4.78, 5) is 20.9. The zero-order valence-corrected chi connectivity index (χ0v) is 23.0. The van der Waals surface area contributed by atoms with Crippen LogP contribution in [-0.4, -0.2) is 89.7 Å². The van der Waals surface area contributed by atoms with Crippen molar-refractivity contribution >= 4 is 27.7 Å². The molecular weight excluding hydrogens is 518 g/mol. The Morgan fingerprint density at radius 2 is 1.81 bits per heavy atom. The highest BCUT2D eigenvalue weighted by molar-refractivity contribution is 9.10. The molecule has 196 valence electrons. The molecule has 2 aromatic rings. The number of rotatable bonds is 8. The molecule has 1 aromatic carbocycles. The first-order valence-electron chi connectivity index (χ1n) is 13.6. The number of piperazine rings is 1. The normalized spacial score (nSPS) is 21.2. The van der Waals surface area contributed by atoms with E-state index in [1.54, 1.807) is 6.20 Å². The van der Waals surface area contributed by atoms with Gasteiger partial charge in [-0.05, 0) is 85.4 Å². The van der Waals surface area contributed by atoms with Crippen LogP contribution in [0.2, 0.25) is 0 Å². The van der Waals surface area contributed by atoms with Gasteiger partial charge >= 0.3 is 0 Å². The number of nitrogens with one attached hydrogen (secondary N) is 2. The molecule has 9 heteroatoms. The summed E-state index contributed by atoms with van der Waals surface area (Å²) in [7, 11) is 2.23. The van der Waals surface area contributed by atoms with E-state index in [0.717, 1.165) is 61.8 Å². The summed E-state index contributed by atoms with van der Waals surface area (Å²) < 4.78 is 0.860. The minimum absolute atomic E-state index is 0.0757. The standard InChI is InChI=1S/C27H40BrN7O/c1-32-11-9-21(10-12-32)19-33-13-15-34(16-14-33)20-22-5-4-6-23(17-22)27(36)31-35(24-7-2-3-8-24)26-25(28)18-29-30-26/h4-6,17-18,21,24H,2-3,7-16,19-20H2,1H3,(H,29,30)(H,31,36). The second-order valence-electron chi connectivity index (χ2n) is 10.8. The molecule has 2 N–H and O–H groups in total. The Kier molecular flexibility index (Phi) is 8.62. The van der Waals surface area contributed by atoms with Gasteiger partial charge < -0.3 is 9.80 Å². The number of aromatic amines is 1. The average Bonchev–Trinajstić information content (AvgIpc) is 3.57. The molecule has 0 radical (unpaired) electrons. The monoisotopic (exact) mass is 557 g/mol. The molecule has 0 unspecified atom stereocenters. The maximum atomic E-state index is 13.3. The summed E-state index contributed by atoms with van der Waals surface area (Å²) in [6.07, 6.45) is 8.90. The van der Waals surface area contributed by atoms with Gasteiger partial charge in [0.15, 0.2) is 5.82 Å². The van der Waals surface area contributed by atoms with Gasteiger partial charge in [-0.1, -0.05) is 25.0 Å². The quantitative estimate of drug-likeness (QED) is 0.482. The number of hydrogen-bond donors (Lipinski definition) is 2. The zero-order valence-electron chi connectivity index (χ0n) is 21.5. The third-order valence-electron chi connectivity index (χ3n) is 8.14. The fraction of sp³-hybridized carbons (Fsp3) is 0.630. The molecule has 3 aliphatic rings. The Hall–Kier alpha value is -1.94. The molecule has 36 heavy (non-hydrogen) atoms. The van der Waals surface area contributed by atoms with Gasteiger partial charge in [-0.3, -0.25) is 25.2 Å². The molecular formula is C27H40BrN7O. The second kappa shape index (κ2) is 12.1. The molecule has 1 amide bonds. The number of nitrogens with zero attached hydrogens (tertiary/aromatic N) is 5. The number of halogens is 1. The molecule has 0 atom stereocenters. The maximum Gasteiger partial charge on any atom is 0.269 e. The largest absolute Gasteiger partial charge is 0.306 e. The second-order valence-corrected chi connectivity index (χ2v) is 11.7. The Morgan fingerprint density at radius 1 is 1.08 bits per heavy atom. The van der Waals surface area contributed by atoms with Crippen molar-refractivity contribution < 1.29 is 4.79 Å². The van der Waals surface area contributed by atoms with Gasteiger partial charge in [-0.15, -0.1) is 0 Å². The fourth-order valence-electron chi connectivity index (χ4n) is 5.91. The van der Waals surface area contributed by atoms with Crippen molar-refractivity contribution in [2.45, 2.75) is 51.1 Å². The Bertz CT molecular complexity index is 992. The minimum Gasteiger partial charge on any atom is -0.306 e. The van der Waals surface area contributed by atoms with E-state index in [4.69, 9.17) is 0 Å². The predicted octanol–water partition coefficient (Wildman–Crippen LogP) is 3.73. The minimum atomic E-state index is -0.0757. The van der Waals surface area contributed by atoms with E-state index >= 15 is 0 Å². The first kappa shape index (κ1) is 25.7. The highest BCUT2D eigenvalue weighted by Gasteiger charge is 2.28. The molecule has 0 spiro atoms. The van der Waals surface area contributed by atoms with Gasteiger partial charge in [0, 0.05) is 44.8 Å². The van der Waals surface area contributed by atoms with Crippen molar-refractivity contribution in [3.8, 4) is 0 Å². The Morgan fingerprint density at radius 3 is 2.50 bits per heavy atom. The predicted molar refractivity (Wildman–Crippen MR) is 147 cm³/mol. The summed E-state index contributed by atoms with van der Waals surface area (Å²) in [5.41, 5.74) is 5.06. The van der Waals surface area contributed by atoms with Crippen LogP contribution in [0.15, 0.2) is 34.9 Å². The molecule has 1 aromatic heterocycles. The number of carbonyl (C=O) groups excluding carboxylic acids is 1. The molecule has 5 rings (SSSR count). The molecule has 8 nitrogen and oxygen atoms in total. The lowest BCUT2D eigenvalue weighted by Gasteiger charge is -2.38. The van der Waals surface area contributed by atoms with Gasteiger partial charge in [0.2, 0.25) is 0 Å². The van der Waals surface area contributed by atoms with Gasteiger partial charge in [0.1, 0.15) is 0 Å². The van der Waals surface area contributed by atoms with Crippen LogP contribution in [0.3, 0.4) is 0 Å². The number of H-pyrrole nitrogens is 1. The lowest BCUT2D eigenvalue weighted by Crippen LogP contribution is -2.48. The van der Waals surface area contributed by atoms with Gasteiger partial charge in [0.05, 0.1) is 16.7 Å². The van der Waals surface area contributed by atoms with Gasteiger partial charge in [0.25, 0.3) is 5.91 Å². The molecule has 2 aliphatic heterocycles. The number of hydrogen-bond acceptors (Lipinski definition) is 6. The third kappa shape index (κ3) is 6.49. The first-order valence-corrected chi connectivity index (χ1v) is 14.4. The Labute approximate surface area is 223 Å². The van der Waals surface area contributed by atoms with Crippen LogP contribution in [0.5, 0.6) is 0 Å². The lowest BCUT2D eigenvalue weighted by atomic mass is 9.96. The van der Waals surface area contributed by atoms with E-state index in [2.05, 4.69) is 65.4 Å². The Balaban J connectivity index is 1.15. The summed E-state index contributed by atoms with van der Waals surface area (Å²) in [5, 5.41) is 9.15. The van der Waals surface area contributed by atoms with Crippen LogP contribution in [-0.2, 0) is 6.54 Å². The van der Waals surface area contributed by atoms with Crippen LogP contribution in [0.1, 0.15) is 54.4 Å². The van der Waals surface area contributed by atoms with E-state index in [0.29, 0.717) is 5.56 Å². The summed E-state index contributed by atoms with van der Waals surface area (Å²) in [6, 6.07) is 8.39. The number of carbonyl (C=O) groups is 1. The summed E-state index contributed by atoms with van der Waals surface area (Å²) in [5.74, 6) is 1.59. The number of amides is 1. The van der Waals surface area contributed by atoms with Crippen molar-refractivity contribution in [2.75, 3.05) is 57.9 Å². The molecule has 3 fully saturated rings. The maximum absolute atomic E-state index is 13.3. The van der Waals surface area contributed by atoms with E-state index in [9.17, 15) is 4.79 Å². The van der Waals surface area contributed by atoms with Crippen LogP contribution < -0.4 is 10.4 Å². The average molecular weight is 559 g/mol. The molecule has 1 aliphatic carbocycles. The summed E-state index contributed by atoms with van der Waals surface area (Å²) >= 11 is 3.56. The topological polar surface area (TPSA) is 70.7 Å². The molecule has 3 heterocycles. The fourth-order valence-corrected chi connectivity index (χ4v) is 6.29. The van der Waals surface area contributed by atoms with Crippen molar-refractivity contribution in [1.82, 2.24) is 30.3 Å². The number of hydrazine groups is 1. The SMILES string of the molecule is CN1CCC(CN2CCN(Cc3cccc(C(=O)NN(c4[nH]ncc4Br)C4CCCC4)c3)CC2)CC1. The number of aromatic nitrogens is 2. The number of likely N-dealkylation sites (tertiary alicyclic amines) is 1. The van der Waals surface area contributed by atoms with Crippen LogP contribution in [0, 0.1) is 5.92 Å². The lowest BCUT2D eigenvalue weighted by molar-refractivity contribution is 0.0940. The summed E-state index contributed by atoms with van der Waals surface area (Å²) in [6.45, 7) is 9.09. The molecule has 1 saturated carbocycles. The van der Waals surface area contributed by atoms with Gasteiger partial charge in [-0.2, -0.15) is 5.10 Å². The molecule has 2 saturated heterocycles. The highest BCUT2D eigenvalue weighted by atomic mass is 79.9. The third-order valence-corrected chi connectivity index (χ3v) is 8.72. The first-order chi connectivity index (χ1) is 17.5. The van der Waals surface area contributed by atoms with Gasteiger partial charge in [-0.25, -0.2) is 0 Å². The van der Waals surface area contributed by atoms with Crippen molar-refractivity contribution in [2.24, 2.45) is 5.92 Å². The van der Waals surface area contributed by atoms with Crippen LogP contribution in [0.25, 0.3) is 0 Å².